The minimum absolute atomic E-state index is 0.0208. The van der Waals surface area contributed by atoms with Gasteiger partial charge in [0.25, 0.3) is 5.56 Å². The van der Waals surface area contributed by atoms with Gasteiger partial charge < -0.3 is 0 Å². The molecule has 1 aromatic carbocycles. The number of aryl methyl sites for hydroxylation is 1. The lowest BCUT2D eigenvalue weighted by molar-refractivity contribution is -0.121. The van der Waals surface area contributed by atoms with Crippen LogP contribution in [0.5, 0.6) is 0 Å². The standard InChI is InChI=1S/C26H27ClN4O4/c1-4-30-24-15-29-19(13-22(24)25(34)31(5-2)26(30)35)12-21(33)9-16(3)8-20(32)10-17-6-7-18(14-28)23(27)11-17/h6-7,11,13,15-16H,4-5,8-10,12H2,1-3H3. The molecule has 0 saturated carbocycles. The van der Waals surface area contributed by atoms with Crippen molar-refractivity contribution >= 4 is 34.1 Å². The van der Waals surface area contributed by atoms with Crippen molar-refractivity contribution in [2.75, 3.05) is 0 Å². The molecule has 1 atom stereocenters. The number of halogens is 1. The number of benzene rings is 1. The monoisotopic (exact) mass is 494 g/mol. The van der Waals surface area contributed by atoms with Crippen LogP contribution < -0.4 is 11.2 Å². The molecule has 0 aliphatic heterocycles. The van der Waals surface area contributed by atoms with Gasteiger partial charge in [-0.3, -0.25) is 28.5 Å². The number of fused-ring (bicyclic) bond motifs is 1. The molecule has 9 heteroatoms. The van der Waals surface area contributed by atoms with E-state index in [9.17, 15) is 19.2 Å². The minimum Gasteiger partial charge on any atom is -0.299 e. The molecule has 0 aliphatic rings. The molecule has 2 aromatic heterocycles. The molecular weight excluding hydrogens is 468 g/mol. The summed E-state index contributed by atoms with van der Waals surface area (Å²) in [4.78, 5) is 54.7. The van der Waals surface area contributed by atoms with Gasteiger partial charge in [-0.15, -0.1) is 0 Å². The third kappa shape index (κ3) is 5.92. The zero-order valence-electron chi connectivity index (χ0n) is 20.0. The Kier molecular flexibility index (Phi) is 8.36. The normalized spacial score (nSPS) is 11.9. The van der Waals surface area contributed by atoms with E-state index in [2.05, 4.69) is 4.98 Å². The summed E-state index contributed by atoms with van der Waals surface area (Å²) in [6.45, 7) is 6.05. The fraction of sp³-hybridized carbons (Fsp3) is 0.385. The maximum Gasteiger partial charge on any atom is 0.331 e. The highest BCUT2D eigenvalue weighted by atomic mass is 35.5. The van der Waals surface area contributed by atoms with Gasteiger partial charge in [0.1, 0.15) is 17.6 Å². The lowest BCUT2D eigenvalue weighted by Gasteiger charge is -2.12. The first-order valence-corrected chi connectivity index (χ1v) is 11.9. The lowest BCUT2D eigenvalue weighted by Crippen LogP contribution is -2.39. The second kappa shape index (κ2) is 11.2. The first-order chi connectivity index (χ1) is 16.7. The number of ketones is 2. The van der Waals surface area contributed by atoms with Crippen LogP contribution in [-0.2, 0) is 35.5 Å². The lowest BCUT2D eigenvalue weighted by atomic mass is 9.94. The van der Waals surface area contributed by atoms with E-state index in [-0.39, 0.29) is 55.4 Å². The van der Waals surface area contributed by atoms with E-state index >= 15 is 0 Å². The van der Waals surface area contributed by atoms with Gasteiger partial charge in [-0.2, -0.15) is 5.26 Å². The number of nitriles is 1. The molecule has 2 heterocycles. The highest BCUT2D eigenvalue weighted by molar-refractivity contribution is 6.31. The maximum atomic E-state index is 12.8. The van der Waals surface area contributed by atoms with Gasteiger partial charge in [0.2, 0.25) is 0 Å². The smallest absolute Gasteiger partial charge is 0.299 e. The Bertz CT molecular complexity index is 1450. The van der Waals surface area contributed by atoms with Crippen LogP contribution in [0.2, 0.25) is 5.02 Å². The maximum absolute atomic E-state index is 12.8. The van der Waals surface area contributed by atoms with Crippen LogP contribution in [0.15, 0.2) is 40.1 Å². The summed E-state index contributed by atoms with van der Waals surface area (Å²) in [5.41, 5.74) is 1.21. The number of hydrogen-bond acceptors (Lipinski definition) is 6. The second-order valence-electron chi connectivity index (χ2n) is 8.64. The van der Waals surface area contributed by atoms with E-state index in [0.29, 0.717) is 33.7 Å². The van der Waals surface area contributed by atoms with Crippen LogP contribution in [0.25, 0.3) is 10.9 Å². The van der Waals surface area contributed by atoms with E-state index in [1.807, 2.05) is 19.9 Å². The average molecular weight is 495 g/mol. The number of aromatic nitrogens is 3. The van der Waals surface area contributed by atoms with Gasteiger partial charge in [0.15, 0.2) is 0 Å². The first kappa shape index (κ1) is 26.0. The molecule has 0 radical (unpaired) electrons. The van der Waals surface area contributed by atoms with Gasteiger partial charge in [-0.05, 0) is 43.5 Å². The number of carbonyl (C=O) groups is 2. The summed E-state index contributed by atoms with van der Waals surface area (Å²) in [7, 11) is 0. The van der Waals surface area contributed by atoms with E-state index in [1.54, 1.807) is 31.2 Å². The van der Waals surface area contributed by atoms with E-state index in [4.69, 9.17) is 16.9 Å². The molecule has 0 amide bonds. The van der Waals surface area contributed by atoms with Crippen LogP contribution in [-0.4, -0.2) is 25.7 Å². The first-order valence-electron chi connectivity index (χ1n) is 11.5. The van der Waals surface area contributed by atoms with Gasteiger partial charge in [-0.1, -0.05) is 24.6 Å². The summed E-state index contributed by atoms with van der Waals surface area (Å²) >= 11 is 6.03. The predicted molar refractivity (Wildman–Crippen MR) is 134 cm³/mol. The van der Waals surface area contributed by atoms with Crippen molar-refractivity contribution in [1.29, 1.82) is 5.26 Å². The summed E-state index contributed by atoms with van der Waals surface area (Å²) in [6.07, 6.45) is 2.13. The SMILES string of the molecule is CCn1c(=O)c2cc(CC(=O)CC(C)CC(=O)Cc3ccc(C#N)c(Cl)c3)ncc2n(CC)c1=O. The highest BCUT2D eigenvalue weighted by Crippen LogP contribution is 2.19. The fourth-order valence-electron chi connectivity index (χ4n) is 4.22. The van der Waals surface area contributed by atoms with Crippen molar-refractivity contribution in [3.8, 4) is 6.07 Å². The van der Waals surface area contributed by atoms with E-state index in [1.165, 1.54) is 15.3 Å². The van der Waals surface area contributed by atoms with Crippen molar-refractivity contribution < 1.29 is 9.59 Å². The quantitative estimate of drug-likeness (QED) is 0.426. The molecule has 35 heavy (non-hydrogen) atoms. The molecule has 0 aliphatic carbocycles. The van der Waals surface area contributed by atoms with Crippen molar-refractivity contribution in [3.63, 3.8) is 0 Å². The molecule has 0 N–H and O–H groups in total. The zero-order valence-corrected chi connectivity index (χ0v) is 20.8. The van der Waals surface area contributed by atoms with Gasteiger partial charge in [0.05, 0.1) is 27.7 Å². The molecule has 3 rings (SSSR count). The van der Waals surface area contributed by atoms with Gasteiger partial charge >= 0.3 is 5.69 Å². The molecule has 0 spiro atoms. The van der Waals surface area contributed by atoms with Gasteiger partial charge in [-0.25, -0.2) is 4.79 Å². The Morgan fingerprint density at radius 3 is 2.31 bits per heavy atom. The fourth-order valence-corrected chi connectivity index (χ4v) is 4.47. The summed E-state index contributed by atoms with van der Waals surface area (Å²) < 4.78 is 2.67. The molecule has 182 valence electrons. The summed E-state index contributed by atoms with van der Waals surface area (Å²) in [5.74, 6) is -0.266. The average Bonchev–Trinajstić information content (AvgIpc) is 2.80. The van der Waals surface area contributed by atoms with Crippen LogP contribution in [0.1, 0.15) is 50.4 Å². The van der Waals surface area contributed by atoms with E-state index in [0.717, 1.165) is 5.56 Å². The third-order valence-electron chi connectivity index (χ3n) is 5.89. The van der Waals surface area contributed by atoms with E-state index < -0.39 is 5.56 Å². The van der Waals surface area contributed by atoms with Gasteiger partial charge in [0, 0.05) is 44.5 Å². The second-order valence-corrected chi connectivity index (χ2v) is 9.05. The Balaban J connectivity index is 1.66. The minimum atomic E-state index is -0.393. The van der Waals surface area contributed by atoms with Crippen LogP contribution >= 0.6 is 11.6 Å². The number of rotatable bonds is 10. The number of carbonyl (C=O) groups excluding carboxylic acids is 2. The van der Waals surface area contributed by atoms with Crippen LogP contribution in [0.4, 0.5) is 0 Å². The third-order valence-corrected chi connectivity index (χ3v) is 6.20. The Morgan fingerprint density at radius 1 is 1.06 bits per heavy atom. The van der Waals surface area contributed by atoms with Crippen LogP contribution in [0, 0.1) is 17.2 Å². The summed E-state index contributed by atoms with van der Waals surface area (Å²) in [5, 5.41) is 9.62. The number of Topliss-reactive ketones (excluding diaryl/α,β-unsaturated/α-hetero) is 2. The Labute approximate surface area is 207 Å². The molecule has 0 saturated heterocycles. The molecule has 3 aromatic rings. The highest BCUT2D eigenvalue weighted by Gasteiger charge is 2.17. The van der Waals surface area contributed by atoms with Crippen LogP contribution in [0.3, 0.4) is 0 Å². The molecule has 0 bridgehead atoms. The molecule has 1 unspecified atom stereocenters. The number of hydrogen-bond donors (Lipinski definition) is 0. The molecule has 8 nitrogen and oxygen atoms in total. The number of pyridine rings is 1. The summed E-state index contributed by atoms with van der Waals surface area (Å²) in [6, 6.07) is 8.47. The van der Waals surface area contributed by atoms with Crippen molar-refractivity contribution in [3.05, 3.63) is 73.1 Å². The van der Waals surface area contributed by atoms with Crippen molar-refractivity contribution in [2.45, 2.75) is 59.5 Å². The Morgan fingerprint density at radius 2 is 1.71 bits per heavy atom. The van der Waals surface area contributed by atoms with Crippen molar-refractivity contribution in [2.24, 2.45) is 5.92 Å². The number of nitrogens with zero attached hydrogens (tertiary/aromatic N) is 4. The topological polar surface area (TPSA) is 115 Å². The largest absolute Gasteiger partial charge is 0.331 e. The molecular formula is C26H27ClN4O4. The Hall–Kier alpha value is -3.57. The zero-order chi connectivity index (χ0) is 25.7. The van der Waals surface area contributed by atoms with Crippen molar-refractivity contribution in [1.82, 2.24) is 14.1 Å². The molecule has 0 fully saturated rings. The predicted octanol–water partition coefficient (Wildman–Crippen LogP) is 3.46.